The maximum atomic E-state index is 12.1. The molecular weight excluding hydrogens is 391 g/mol. The number of nitrogens with zero attached hydrogens (tertiary/aromatic N) is 2. The summed E-state index contributed by atoms with van der Waals surface area (Å²) in [5, 5.41) is 0. The van der Waals surface area contributed by atoms with E-state index in [0.717, 1.165) is 16.1 Å². The van der Waals surface area contributed by atoms with E-state index in [1.54, 1.807) is 13.0 Å². The standard InChI is InChI=1S/C12H13IN4O2S/c1-6-10(13)12(19)17(5-15-6)4-8-3-9(11(18)16-14)20-7(8)2/h3,5H,4,14H2,1-2H3,(H,16,18). The zero-order chi connectivity index (χ0) is 14.9. The first-order chi connectivity index (χ1) is 9.43. The van der Waals surface area contributed by atoms with E-state index in [1.165, 1.54) is 22.2 Å². The molecule has 8 heteroatoms. The monoisotopic (exact) mass is 404 g/mol. The van der Waals surface area contributed by atoms with Crippen molar-refractivity contribution in [2.24, 2.45) is 5.84 Å². The van der Waals surface area contributed by atoms with Crippen LogP contribution in [0.15, 0.2) is 17.2 Å². The summed E-state index contributed by atoms with van der Waals surface area (Å²) < 4.78 is 2.14. The van der Waals surface area contributed by atoms with Crippen molar-refractivity contribution in [1.82, 2.24) is 15.0 Å². The molecule has 2 heterocycles. The van der Waals surface area contributed by atoms with Crippen LogP contribution in [0, 0.1) is 17.4 Å². The average molecular weight is 404 g/mol. The Balaban J connectivity index is 2.36. The smallest absolute Gasteiger partial charge is 0.275 e. The quantitative estimate of drug-likeness (QED) is 0.348. The van der Waals surface area contributed by atoms with E-state index < -0.39 is 0 Å². The molecule has 1 amide bonds. The van der Waals surface area contributed by atoms with E-state index in [2.05, 4.69) is 10.4 Å². The lowest BCUT2D eigenvalue weighted by molar-refractivity contribution is 0.0957. The Labute approximate surface area is 133 Å². The summed E-state index contributed by atoms with van der Waals surface area (Å²) >= 11 is 3.34. The van der Waals surface area contributed by atoms with E-state index in [1.807, 2.05) is 29.5 Å². The topological polar surface area (TPSA) is 90.0 Å². The van der Waals surface area contributed by atoms with Crippen LogP contribution in [0.3, 0.4) is 0 Å². The number of hydrogen-bond donors (Lipinski definition) is 2. The molecule has 2 aromatic rings. The minimum Gasteiger partial charge on any atom is -0.294 e. The van der Waals surface area contributed by atoms with Gasteiger partial charge in [-0.2, -0.15) is 0 Å². The Hall–Kier alpha value is -1.26. The van der Waals surface area contributed by atoms with Gasteiger partial charge < -0.3 is 0 Å². The fourth-order valence-corrected chi connectivity index (χ4v) is 3.09. The Morgan fingerprint density at radius 3 is 2.90 bits per heavy atom. The van der Waals surface area contributed by atoms with Gasteiger partial charge in [0.25, 0.3) is 11.5 Å². The Morgan fingerprint density at radius 1 is 1.55 bits per heavy atom. The maximum Gasteiger partial charge on any atom is 0.275 e. The highest BCUT2D eigenvalue weighted by Gasteiger charge is 2.13. The van der Waals surface area contributed by atoms with E-state index >= 15 is 0 Å². The van der Waals surface area contributed by atoms with Gasteiger partial charge >= 0.3 is 0 Å². The number of nitrogen functional groups attached to an aromatic ring is 1. The number of aromatic nitrogens is 2. The molecule has 20 heavy (non-hydrogen) atoms. The fraction of sp³-hybridized carbons (Fsp3) is 0.250. The SMILES string of the molecule is Cc1ncn(Cc2cc(C(=O)NN)sc2C)c(=O)c1I. The number of nitrogens with two attached hydrogens (primary N) is 1. The summed E-state index contributed by atoms with van der Waals surface area (Å²) in [5.41, 5.74) is 3.66. The van der Waals surface area contributed by atoms with Crippen LogP contribution in [-0.2, 0) is 6.54 Å². The first kappa shape index (κ1) is 15.1. The van der Waals surface area contributed by atoms with Crippen molar-refractivity contribution in [2.75, 3.05) is 0 Å². The highest BCUT2D eigenvalue weighted by molar-refractivity contribution is 14.1. The van der Waals surface area contributed by atoms with E-state index in [9.17, 15) is 9.59 Å². The third-order valence-corrected chi connectivity index (χ3v) is 5.21. The van der Waals surface area contributed by atoms with Crippen LogP contribution in [0.2, 0.25) is 0 Å². The van der Waals surface area contributed by atoms with Gasteiger partial charge in [-0.05, 0) is 48.1 Å². The number of hydrazine groups is 1. The summed E-state index contributed by atoms with van der Waals surface area (Å²) in [7, 11) is 0. The third kappa shape index (κ3) is 2.91. The Bertz CT molecular complexity index is 723. The van der Waals surface area contributed by atoms with Crippen molar-refractivity contribution >= 4 is 39.8 Å². The molecule has 0 aromatic carbocycles. The van der Waals surface area contributed by atoms with Crippen molar-refractivity contribution in [2.45, 2.75) is 20.4 Å². The number of thiophene rings is 1. The fourth-order valence-electron chi connectivity index (χ4n) is 1.70. The molecule has 0 atom stereocenters. The molecule has 2 aromatic heterocycles. The lowest BCUT2D eigenvalue weighted by atomic mass is 10.2. The molecule has 0 spiro atoms. The second-order valence-corrected chi connectivity index (χ2v) is 6.58. The summed E-state index contributed by atoms with van der Waals surface area (Å²) in [6, 6.07) is 1.75. The van der Waals surface area contributed by atoms with Crippen molar-refractivity contribution in [3.63, 3.8) is 0 Å². The zero-order valence-corrected chi connectivity index (χ0v) is 13.9. The number of amides is 1. The zero-order valence-electron chi connectivity index (χ0n) is 10.9. The molecule has 0 bridgehead atoms. The second-order valence-electron chi connectivity index (χ2n) is 4.24. The highest BCUT2D eigenvalue weighted by atomic mass is 127. The number of carbonyl (C=O) groups excluding carboxylic acids is 1. The van der Waals surface area contributed by atoms with Crippen LogP contribution in [-0.4, -0.2) is 15.5 Å². The van der Waals surface area contributed by atoms with Crippen LogP contribution >= 0.6 is 33.9 Å². The van der Waals surface area contributed by atoms with E-state index in [0.29, 0.717) is 15.0 Å². The van der Waals surface area contributed by atoms with Crippen LogP contribution in [0.5, 0.6) is 0 Å². The summed E-state index contributed by atoms with van der Waals surface area (Å²) in [6.45, 7) is 4.10. The summed E-state index contributed by atoms with van der Waals surface area (Å²) in [5.74, 6) is 4.79. The largest absolute Gasteiger partial charge is 0.294 e. The Morgan fingerprint density at radius 2 is 2.25 bits per heavy atom. The van der Waals surface area contributed by atoms with Gasteiger partial charge in [0.05, 0.1) is 27.0 Å². The van der Waals surface area contributed by atoms with Gasteiger partial charge in [0, 0.05) is 4.88 Å². The Kier molecular flexibility index (Phi) is 4.55. The minimum atomic E-state index is -0.326. The number of carbonyl (C=O) groups is 1. The van der Waals surface area contributed by atoms with Gasteiger partial charge in [-0.25, -0.2) is 10.8 Å². The van der Waals surface area contributed by atoms with Gasteiger partial charge in [0.2, 0.25) is 0 Å². The van der Waals surface area contributed by atoms with E-state index in [4.69, 9.17) is 5.84 Å². The highest BCUT2D eigenvalue weighted by Crippen LogP contribution is 2.22. The van der Waals surface area contributed by atoms with Gasteiger partial charge in [0.15, 0.2) is 0 Å². The molecular formula is C12H13IN4O2S. The molecule has 3 N–H and O–H groups in total. The van der Waals surface area contributed by atoms with Gasteiger partial charge in [0.1, 0.15) is 0 Å². The predicted molar refractivity (Wildman–Crippen MR) is 85.8 cm³/mol. The normalized spacial score (nSPS) is 10.6. The number of hydrogen-bond acceptors (Lipinski definition) is 5. The third-order valence-electron chi connectivity index (χ3n) is 2.87. The van der Waals surface area contributed by atoms with E-state index in [-0.39, 0.29) is 11.5 Å². The molecule has 6 nitrogen and oxygen atoms in total. The summed E-state index contributed by atoms with van der Waals surface area (Å²) in [4.78, 5) is 29.3. The molecule has 0 aliphatic heterocycles. The number of halogens is 1. The maximum absolute atomic E-state index is 12.1. The average Bonchev–Trinajstić information content (AvgIpc) is 2.80. The summed E-state index contributed by atoms with van der Waals surface area (Å²) in [6.07, 6.45) is 1.53. The molecule has 0 aliphatic rings. The molecule has 0 radical (unpaired) electrons. The molecule has 2 rings (SSSR count). The van der Waals surface area contributed by atoms with Crippen LogP contribution in [0.1, 0.15) is 25.8 Å². The molecule has 0 fully saturated rings. The van der Waals surface area contributed by atoms with Crippen LogP contribution < -0.4 is 16.8 Å². The van der Waals surface area contributed by atoms with Crippen LogP contribution in [0.4, 0.5) is 0 Å². The first-order valence-corrected chi connectivity index (χ1v) is 7.65. The second kappa shape index (κ2) is 6.02. The van der Waals surface area contributed by atoms with Crippen LogP contribution in [0.25, 0.3) is 0 Å². The minimum absolute atomic E-state index is 0.0754. The molecule has 0 aliphatic carbocycles. The lowest BCUT2D eigenvalue weighted by Crippen LogP contribution is -2.29. The van der Waals surface area contributed by atoms with Crippen molar-refractivity contribution in [1.29, 1.82) is 0 Å². The lowest BCUT2D eigenvalue weighted by Gasteiger charge is -2.06. The van der Waals surface area contributed by atoms with Crippen molar-refractivity contribution in [3.05, 3.63) is 47.3 Å². The first-order valence-electron chi connectivity index (χ1n) is 5.75. The van der Waals surface area contributed by atoms with Gasteiger partial charge in [-0.15, -0.1) is 11.3 Å². The van der Waals surface area contributed by atoms with Crippen molar-refractivity contribution in [3.8, 4) is 0 Å². The van der Waals surface area contributed by atoms with Gasteiger partial charge in [-0.3, -0.25) is 19.6 Å². The van der Waals surface area contributed by atoms with Gasteiger partial charge in [-0.1, -0.05) is 0 Å². The molecule has 0 unspecified atom stereocenters. The number of aryl methyl sites for hydroxylation is 2. The van der Waals surface area contributed by atoms with Crippen molar-refractivity contribution < 1.29 is 4.79 Å². The number of rotatable bonds is 3. The molecule has 106 valence electrons. The molecule has 0 saturated carbocycles. The molecule has 0 saturated heterocycles. The predicted octanol–water partition coefficient (Wildman–Crippen LogP) is 1.18. The number of nitrogens with one attached hydrogen (secondary N) is 1.